The van der Waals surface area contributed by atoms with Crippen molar-refractivity contribution >= 4 is 11.8 Å². The van der Waals surface area contributed by atoms with Crippen LogP contribution in [0.4, 0.5) is 0 Å². The fourth-order valence-corrected chi connectivity index (χ4v) is 1.58. The molecule has 0 saturated carbocycles. The largest absolute Gasteiger partial charge is 0.356 e. The summed E-state index contributed by atoms with van der Waals surface area (Å²) < 4.78 is 0. The van der Waals surface area contributed by atoms with Crippen LogP contribution in [-0.4, -0.2) is 51.1 Å². The molecule has 1 fully saturated rings. The van der Waals surface area contributed by atoms with E-state index >= 15 is 0 Å². The van der Waals surface area contributed by atoms with E-state index in [-0.39, 0.29) is 18.2 Å². The summed E-state index contributed by atoms with van der Waals surface area (Å²) in [5, 5.41) is 12.0. The van der Waals surface area contributed by atoms with Gasteiger partial charge in [0, 0.05) is 26.2 Å². The Morgan fingerprint density at radius 2 is 1.12 bits per heavy atom. The number of hydrogen-bond donors (Lipinski definition) is 4. The minimum absolute atomic E-state index is 0.0686. The lowest BCUT2D eigenvalue weighted by molar-refractivity contribution is -0.129. The molecule has 1 heterocycles. The number of nitrogens with one attached hydrogen (secondary N) is 4. The smallest absolute Gasteiger partial charge is 0.229 e. The number of rotatable bonds is 0. The van der Waals surface area contributed by atoms with Crippen molar-refractivity contribution in [1.82, 2.24) is 21.3 Å². The molecular weight excluding hydrogens is 220 g/mol. The topological polar surface area (TPSA) is 82.3 Å². The molecule has 17 heavy (non-hydrogen) atoms. The molecule has 0 aromatic carbocycles. The predicted octanol–water partition coefficient (Wildman–Crippen LogP) is -1.42. The van der Waals surface area contributed by atoms with Crippen LogP contribution < -0.4 is 21.3 Å². The van der Waals surface area contributed by atoms with Gasteiger partial charge < -0.3 is 21.3 Å². The summed E-state index contributed by atoms with van der Waals surface area (Å²) in [4.78, 5) is 22.7. The Hall–Kier alpha value is -1.14. The molecule has 0 unspecified atom stereocenters. The van der Waals surface area contributed by atoms with Crippen molar-refractivity contribution in [1.29, 1.82) is 0 Å². The zero-order chi connectivity index (χ0) is 12.3. The lowest BCUT2D eigenvalue weighted by atomic mass is 10.3. The van der Waals surface area contributed by atoms with Crippen molar-refractivity contribution in [3.8, 4) is 0 Å². The Labute approximate surface area is 102 Å². The first-order chi connectivity index (χ1) is 8.29. The van der Waals surface area contributed by atoms with Gasteiger partial charge in [-0.3, -0.25) is 9.59 Å². The molecule has 0 aromatic heterocycles. The second-order valence-electron chi connectivity index (χ2n) is 4.08. The molecule has 0 atom stereocenters. The van der Waals surface area contributed by atoms with Crippen LogP contribution in [0.3, 0.4) is 0 Å². The molecule has 6 heteroatoms. The maximum absolute atomic E-state index is 11.3. The van der Waals surface area contributed by atoms with Gasteiger partial charge in [-0.25, -0.2) is 0 Å². The molecule has 6 nitrogen and oxygen atoms in total. The zero-order valence-corrected chi connectivity index (χ0v) is 10.2. The van der Waals surface area contributed by atoms with Gasteiger partial charge in [0.15, 0.2) is 0 Å². The quantitative estimate of drug-likeness (QED) is 0.393. The first kappa shape index (κ1) is 13.9. The second kappa shape index (κ2) is 8.95. The molecule has 1 aliphatic rings. The summed E-state index contributed by atoms with van der Waals surface area (Å²) in [7, 11) is 0. The van der Waals surface area contributed by atoms with Crippen molar-refractivity contribution < 1.29 is 9.59 Å². The minimum atomic E-state index is -0.199. The monoisotopic (exact) mass is 242 g/mol. The lowest BCUT2D eigenvalue weighted by Gasteiger charge is -2.06. The summed E-state index contributed by atoms with van der Waals surface area (Å²) in [6.07, 6.45) is 1.70. The minimum Gasteiger partial charge on any atom is -0.356 e. The molecule has 4 N–H and O–H groups in total. The molecule has 0 bridgehead atoms. The van der Waals surface area contributed by atoms with Crippen LogP contribution in [0.2, 0.25) is 0 Å². The maximum atomic E-state index is 11.3. The van der Waals surface area contributed by atoms with E-state index < -0.39 is 0 Å². The van der Waals surface area contributed by atoms with Crippen LogP contribution in [0.25, 0.3) is 0 Å². The van der Waals surface area contributed by atoms with Crippen molar-refractivity contribution in [2.24, 2.45) is 0 Å². The number of carbonyl (C=O) groups excluding carboxylic acids is 2. The highest BCUT2D eigenvalue weighted by Gasteiger charge is 2.07. The molecule has 1 rings (SSSR count). The maximum Gasteiger partial charge on any atom is 0.229 e. The average molecular weight is 242 g/mol. The van der Waals surface area contributed by atoms with Gasteiger partial charge in [-0.15, -0.1) is 0 Å². The molecule has 0 aromatic rings. The lowest BCUT2D eigenvalue weighted by Crippen LogP contribution is -2.33. The third kappa shape index (κ3) is 7.70. The molecule has 1 aliphatic heterocycles. The van der Waals surface area contributed by atoms with E-state index in [1.165, 1.54) is 0 Å². The molecule has 0 spiro atoms. The van der Waals surface area contributed by atoms with Gasteiger partial charge >= 0.3 is 0 Å². The Balaban J connectivity index is 2.26. The standard InChI is InChI=1S/C11H22N4O2/c16-10-9-11(17)15-6-2-4-13-8-7-12-3-1-5-14-10/h12-13H,1-9H2,(H,14,16)(H,15,17). The third-order valence-corrected chi connectivity index (χ3v) is 2.50. The summed E-state index contributed by atoms with van der Waals surface area (Å²) in [5.41, 5.74) is 0. The van der Waals surface area contributed by atoms with Crippen LogP contribution in [0.5, 0.6) is 0 Å². The number of amides is 2. The van der Waals surface area contributed by atoms with E-state index in [1.54, 1.807) is 0 Å². The number of hydrogen-bond acceptors (Lipinski definition) is 4. The van der Waals surface area contributed by atoms with Crippen molar-refractivity contribution in [3.63, 3.8) is 0 Å². The van der Waals surface area contributed by atoms with E-state index in [0.29, 0.717) is 13.1 Å². The molecule has 2 amide bonds. The predicted molar refractivity (Wildman–Crippen MR) is 65.6 cm³/mol. The van der Waals surface area contributed by atoms with Crippen molar-refractivity contribution in [2.45, 2.75) is 19.3 Å². The molecule has 1 saturated heterocycles. The van der Waals surface area contributed by atoms with Crippen LogP contribution in [0.1, 0.15) is 19.3 Å². The van der Waals surface area contributed by atoms with E-state index in [9.17, 15) is 9.59 Å². The van der Waals surface area contributed by atoms with E-state index in [2.05, 4.69) is 21.3 Å². The number of carbonyl (C=O) groups is 2. The SMILES string of the molecule is O=C1CC(=O)NCCCNCCNCCCN1. The highest BCUT2D eigenvalue weighted by molar-refractivity contribution is 5.96. The zero-order valence-electron chi connectivity index (χ0n) is 10.2. The molecule has 0 aliphatic carbocycles. The first-order valence-electron chi connectivity index (χ1n) is 6.24. The van der Waals surface area contributed by atoms with Gasteiger partial charge in [0.1, 0.15) is 6.42 Å². The van der Waals surface area contributed by atoms with Crippen molar-refractivity contribution in [2.75, 3.05) is 39.3 Å². The van der Waals surface area contributed by atoms with Crippen LogP contribution in [0.15, 0.2) is 0 Å². The fourth-order valence-electron chi connectivity index (χ4n) is 1.58. The fraction of sp³-hybridized carbons (Fsp3) is 0.818. The second-order valence-corrected chi connectivity index (χ2v) is 4.08. The Kier molecular flexibility index (Phi) is 7.33. The highest BCUT2D eigenvalue weighted by atomic mass is 16.2. The van der Waals surface area contributed by atoms with E-state index in [1.807, 2.05) is 0 Å². The Morgan fingerprint density at radius 3 is 1.59 bits per heavy atom. The van der Waals surface area contributed by atoms with E-state index in [0.717, 1.165) is 39.0 Å². The summed E-state index contributed by atoms with van der Waals surface area (Å²) in [6, 6.07) is 0. The normalized spacial score (nSPS) is 21.9. The molecule has 98 valence electrons. The third-order valence-electron chi connectivity index (χ3n) is 2.50. The highest BCUT2D eigenvalue weighted by Crippen LogP contribution is 1.84. The van der Waals surface area contributed by atoms with Gasteiger partial charge in [0.2, 0.25) is 11.8 Å². The van der Waals surface area contributed by atoms with Crippen molar-refractivity contribution in [3.05, 3.63) is 0 Å². The summed E-state index contributed by atoms with van der Waals surface area (Å²) in [5.74, 6) is -0.397. The van der Waals surface area contributed by atoms with Crippen LogP contribution in [0, 0.1) is 0 Å². The Morgan fingerprint density at radius 1 is 0.647 bits per heavy atom. The summed E-state index contributed by atoms with van der Waals surface area (Å²) in [6.45, 7) is 4.86. The van der Waals surface area contributed by atoms with Gasteiger partial charge in [-0.05, 0) is 25.9 Å². The van der Waals surface area contributed by atoms with E-state index in [4.69, 9.17) is 0 Å². The first-order valence-corrected chi connectivity index (χ1v) is 6.24. The van der Waals surface area contributed by atoms with Gasteiger partial charge in [0.25, 0.3) is 0 Å². The van der Waals surface area contributed by atoms with Crippen LogP contribution in [-0.2, 0) is 9.59 Å². The molecular formula is C11H22N4O2. The Bertz CT molecular complexity index is 222. The van der Waals surface area contributed by atoms with Gasteiger partial charge in [-0.1, -0.05) is 0 Å². The molecule has 0 radical (unpaired) electrons. The summed E-state index contributed by atoms with van der Waals surface area (Å²) >= 11 is 0. The van der Waals surface area contributed by atoms with Gasteiger partial charge in [-0.2, -0.15) is 0 Å². The van der Waals surface area contributed by atoms with Gasteiger partial charge in [0.05, 0.1) is 0 Å². The van der Waals surface area contributed by atoms with Crippen LogP contribution >= 0.6 is 0 Å². The average Bonchev–Trinajstić information content (AvgIpc) is 2.30.